The first-order chi connectivity index (χ1) is 9.49. The maximum Gasteiger partial charge on any atom is 0.260 e. The summed E-state index contributed by atoms with van der Waals surface area (Å²) in [6.07, 6.45) is 1.63. The molecular weight excluding hydrogens is 340 g/mol. The highest BCUT2D eigenvalue weighted by Crippen LogP contribution is 2.25. The average Bonchev–Trinajstić information content (AvgIpc) is 3.02. The number of aryl methyl sites for hydroxylation is 1. The summed E-state index contributed by atoms with van der Waals surface area (Å²) < 4.78 is 28.7. The number of fused-ring (bicyclic) bond motifs is 1. The van der Waals surface area contributed by atoms with Crippen molar-refractivity contribution in [3.63, 3.8) is 0 Å². The van der Waals surface area contributed by atoms with Crippen molar-refractivity contribution < 1.29 is 8.42 Å². The Morgan fingerprint density at radius 3 is 2.95 bits per heavy atom. The third-order valence-electron chi connectivity index (χ3n) is 2.70. The van der Waals surface area contributed by atoms with Crippen LogP contribution in [0.15, 0.2) is 22.1 Å². The molecule has 0 aromatic carbocycles. The van der Waals surface area contributed by atoms with Crippen LogP contribution in [0.2, 0.25) is 5.15 Å². The fraction of sp³-hybridized carbons (Fsp3) is 0.200. The second-order valence-corrected chi connectivity index (χ2v) is 7.80. The lowest BCUT2D eigenvalue weighted by atomic mass is 10.4. The monoisotopic (exact) mass is 348 g/mol. The van der Waals surface area contributed by atoms with E-state index in [1.54, 1.807) is 17.1 Å². The largest absolute Gasteiger partial charge is 0.279 e. The molecule has 6 nitrogen and oxygen atoms in total. The van der Waals surface area contributed by atoms with E-state index in [2.05, 4.69) is 14.7 Å². The fourth-order valence-electron chi connectivity index (χ4n) is 1.70. The van der Waals surface area contributed by atoms with Gasteiger partial charge < -0.3 is 0 Å². The van der Waals surface area contributed by atoms with Crippen molar-refractivity contribution in [1.82, 2.24) is 19.1 Å². The molecule has 10 heteroatoms. The van der Waals surface area contributed by atoms with Gasteiger partial charge in [-0.25, -0.2) is 23.1 Å². The number of nitrogens with one attached hydrogen (secondary N) is 1. The summed E-state index contributed by atoms with van der Waals surface area (Å²) in [5, 5.41) is 1.70. The van der Waals surface area contributed by atoms with Crippen LogP contribution < -0.4 is 4.72 Å². The molecule has 3 rings (SSSR count). The normalized spacial score (nSPS) is 12.3. The zero-order chi connectivity index (χ0) is 14.3. The topological polar surface area (TPSA) is 76.4 Å². The summed E-state index contributed by atoms with van der Waals surface area (Å²) in [6.45, 7) is 2.02. The third kappa shape index (κ3) is 2.35. The molecule has 0 aliphatic rings. The number of sulfonamides is 1. The highest BCUT2D eigenvalue weighted by atomic mass is 35.5. The number of aromatic nitrogens is 3. The lowest BCUT2D eigenvalue weighted by molar-refractivity contribution is 0.577. The average molecular weight is 349 g/mol. The molecule has 1 N–H and O–H groups in total. The van der Waals surface area contributed by atoms with Gasteiger partial charge in [0.15, 0.2) is 15.1 Å². The van der Waals surface area contributed by atoms with Crippen LogP contribution >= 0.6 is 34.3 Å². The molecule has 0 aliphatic carbocycles. The maximum atomic E-state index is 12.4. The summed E-state index contributed by atoms with van der Waals surface area (Å²) in [5.74, 6) is 0. The van der Waals surface area contributed by atoms with Crippen molar-refractivity contribution in [2.45, 2.75) is 18.5 Å². The van der Waals surface area contributed by atoms with E-state index in [1.807, 2.05) is 6.92 Å². The molecule has 0 spiro atoms. The molecule has 0 aliphatic heterocycles. The molecule has 0 fully saturated rings. The third-order valence-corrected chi connectivity index (χ3v) is 6.19. The fourth-order valence-corrected chi connectivity index (χ4v) is 4.95. The number of hydrogen-bond acceptors (Lipinski definition) is 6. The molecule has 0 amide bonds. The number of rotatable bonds is 4. The van der Waals surface area contributed by atoms with Gasteiger partial charge in [0.25, 0.3) is 10.0 Å². The molecule has 0 bridgehead atoms. The molecule has 20 heavy (non-hydrogen) atoms. The minimum atomic E-state index is -3.73. The van der Waals surface area contributed by atoms with Gasteiger partial charge in [-0.15, -0.1) is 22.7 Å². The Labute approximate surface area is 128 Å². The minimum Gasteiger partial charge on any atom is -0.279 e. The van der Waals surface area contributed by atoms with Crippen molar-refractivity contribution in [2.75, 3.05) is 0 Å². The molecule has 3 aromatic rings. The van der Waals surface area contributed by atoms with Crippen molar-refractivity contribution in [3.05, 3.63) is 32.8 Å². The van der Waals surface area contributed by atoms with Crippen LogP contribution in [0.3, 0.4) is 0 Å². The van der Waals surface area contributed by atoms with Crippen molar-refractivity contribution in [3.8, 4) is 0 Å². The number of hydrogen-bond donors (Lipinski definition) is 1. The van der Waals surface area contributed by atoms with E-state index >= 15 is 0 Å². The summed E-state index contributed by atoms with van der Waals surface area (Å²) in [6, 6.07) is 0. The second kappa shape index (κ2) is 5.08. The molecule has 3 heterocycles. The second-order valence-electron chi connectivity index (χ2n) is 3.95. The number of thiazole rings is 2. The predicted molar refractivity (Wildman–Crippen MR) is 79.0 cm³/mol. The molecule has 0 radical (unpaired) electrons. The highest BCUT2D eigenvalue weighted by Gasteiger charge is 2.25. The first-order valence-corrected chi connectivity index (χ1v) is 9.11. The molecule has 0 saturated carbocycles. The van der Waals surface area contributed by atoms with Crippen molar-refractivity contribution >= 4 is 49.3 Å². The molecule has 3 aromatic heterocycles. The van der Waals surface area contributed by atoms with Gasteiger partial charge in [0.1, 0.15) is 0 Å². The van der Waals surface area contributed by atoms with E-state index < -0.39 is 10.0 Å². The van der Waals surface area contributed by atoms with Crippen LogP contribution in [-0.2, 0) is 16.6 Å². The summed E-state index contributed by atoms with van der Waals surface area (Å²) in [5.41, 5.74) is 2.50. The van der Waals surface area contributed by atoms with Crippen LogP contribution in [0.5, 0.6) is 0 Å². The maximum absolute atomic E-state index is 12.4. The molecular formula is C10H9ClN4O2S3. The number of nitrogens with zero attached hydrogens (tertiary/aromatic N) is 3. The van der Waals surface area contributed by atoms with E-state index in [9.17, 15) is 8.42 Å². The van der Waals surface area contributed by atoms with Gasteiger partial charge in [0, 0.05) is 23.0 Å². The quantitative estimate of drug-likeness (QED) is 0.784. The zero-order valence-electron chi connectivity index (χ0n) is 10.2. The van der Waals surface area contributed by atoms with E-state index in [0.29, 0.717) is 4.96 Å². The van der Waals surface area contributed by atoms with Gasteiger partial charge in [-0.1, -0.05) is 11.6 Å². The van der Waals surface area contributed by atoms with E-state index in [1.165, 1.54) is 27.1 Å². The molecule has 0 saturated heterocycles. The van der Waals surface area contributed by atoms with E-state index in [-0.39, 0.29) is 16.7 Å². The zero-order valence-corrected chi connectivity index (χ0v) is 13.4. The Kier molecular flexibility index (Phi) is 3.55. The SMILES string of the molecule is Cc1ncsc1CNS(=O)(=O)c1c(Cl)nc2sccn12. The summed E-state index contributed by atoms with van der Waals surface area (Å²) >= 11 is 8.66. The van der Waals surface area contributed by atoms with Crippen molar-refractivity contribution in [2.24, 2.45) is 0 Å². The lowest BCUT2D eigenvalue weighted by Gasteiger charge is -2.05. The Hall–Kier alpha value is -1.00. The van der Waals surface area contributed by atoms with E-state index in [4.69, 9.17) is 11.6 Å². The van der Waals surface area contributed by atoms with Crippen LogP contribution in [0.25, 0.3) is 4.96 Å². The van der Waals surface area contributed by atoms with Gasteiger partial charge in [0.2, 0.25) is 0 Å². The minimum absolute atomic E-state index is 0.0228. The van der Waals surface area contributed by atoms with Gasteiger partial charge in [-0.2, -0.15) is 0 Å². The van der Waals surface area contributed by atoms with Gasteiger partial charge in [-0.3, -0.25) is 4.40 Å². The Morgan fingerprint density at radius 2 is 2.25 bits per heavy atom. The Morgan fingerprint density at radius 1 is 1.45 bits per heavy atom. The van der Waals surface area contributed by atoms with Gasteiger partial charge in [-0.05, 0) is 6.92 Å². The van der Waals surface area contributed by atoms with Gasteiger partial charge in [0.05, 0.1) is 11.2 Å². The molecule has 106 valence electrons. The van der Waals surface area contributed by atoms with Crippen LogP contribution in [0.4, 0.5) is 0 Å². The van der Waals surface area contributed by atoms with Crippen molar-refractivity contribution in [1.29, 1.82) is 0 Å². The molecule has 0 atom stereocenters. The summed E-state index contributed by atoms with van der Waals surface area (Å²) in [7, 11) is -3.73. The molecule has 0 unspecified atom stereocenters. The summed E-state index contributed by atoms with van der Waals surface area (Å²) in [4.78, 5) is 9.52. The smallest absolute Gasteiger partial charge is 0.260 e. The Bertz CT molecular complexity index is 864. The Balaban J connectivity index is 1.94. The van der Waals surface area contributed by atoms with Crippen LogP contribution in [0, 0.1) is 6.92 Å². The first-order valence-electron chi connectivity index (χ1n) is 5.49. The van der Waals surface area contributed by atoms with E-state index in [0.717, 1.165) is 10.6 Å². The first kappa shape index (κ1) is 14.0. The standard InChI is InChI=1S/C10H9ClN4O2S3/c1-6-7(19-5-12-6)4-13-20(16,17)9-8(11)14-10-15(9)2-3-18-10/h2-3,5,13H,4H2,1H3. The number of imidazole rings is 1. The van der Waals surface area contributed by atoms with Crippen LogP contribution in [-0.4, -0.2) is 22.8 Å². The predicted octanol–water partition coefficient (Wildman–Crippen LogP) is 2.29. The number of halogens is 1. The van der Waals surface area contributed by atoms with Crippen LogP contribution in [0.1, 0.15) is 10.6 Å². The lowest BCUT2D eigenvalue weighted by Crippen LogP contribution is -2.24. The van der Waals surface area contributed by atoms with Gasteiger partial charge >= 0.3 is 0 Å². The highest BCUT2D eigenvalue weighted by molar-refractivity contribution is 7.89.